The van der Waals surface area contributed by atoms with Gasteiger partial charge in [0.05, 0.1) is 11.1 Å². The zero-order valence-electron chi connectivity index (χ0n) is 28.4. The zero-order valence-corrected chi connectivity index (χ0v) is 28.4. The van der Waals surface area contributed by atoms with Crippen LogP contribution in [0.15, 0.2) is 205 Å². The molecular weight excluding hydrogens is 631 g/mol. The van der Waals surface area contributed by atoms with E-state index in [-0.39, 0.29) is 0 Å². The highest BCUT2D eigenvalue weighted by Gasteiger charge is 2.22. The number of nitrogens with zero attached hydrogens (tertiary/aromatic N) is 1. The van der Waals surface area contributed by atoms with Crippen LogP contribution in [-0.4, -0.2) is 0 Å². The van der Waals surface area contributed by atoms with E-state index in [0.717, 1.165) is 50.0 Å². The maximum absolute atomic E-state index is 6.85. The van der Waals surface area contributed by atoms with Gasteiger partial charge in [-0.3, -0.25) is 0 Å². The van der Waals surface area contributed by atoms with Crippen molar-refractivity contribution in [3.05, 3.63) is 200 Å². The van der Waals surface area contributed by atoms with Gasteiger partial charge in [0, 0.05) is 22.1 Å². The van der Waals surface area contributed by atoms with Crippen LogP contribution in [0.25, 0.3) is 76.9 Å². The summed E-state index contributed by atoms with van der Waals surface area (Å²) in [7, 11) is 0. The summed E-state index contributed by atoms with van der Waals surface area (Å²) in [5.41, 5.74) is 12.1. The second-order valence-corrected chi connectivity index (χ2v) is 13.3. The zero-order chi connectivity index (χ0) is 34.4. The second kappa shape index (κ2) is 12.5. The predicted octanol–water partition coefficient (Wildman–Crippen LogP) is 14.4. The molecule has 0 bridgehead atoms. The standard InChI is InChI=1S/C50H33NO/c1-3-14-34(15-4-1)36-28-30-39(31-29-36)51(40-21-11-20-38(32-40)35-16-5-2-6-17-35)47-26-13-27-48-49(47)46-33-45(43-23-9-10-24-44(43)50(46)52-48)42-25-12-19-37-18-7-8-22-41(37)42/h1-33H. The first-order chi connectivity index (χ1) is 25.8. The number of hydrogen-bond acceptors (Lipinski definition) is 2. The van der Waals surface area contributed by atoms with Gasteiger partial charge in [-0.2, -0.15) is 0 Å². The van der Waals surface area contributed by atoms with Crippen LogP contribution in [0.2, 0.25) is 0 Å². The van der Waals surface area contributed by atoms with Crippen molar-refractivity contribution in [1.29, 1.82) is 0 Å². The lowest BCUT2D eigenvalue weighted by Gasteiger charge is -2.27. The molecule has 52 heavy (non-hydrogen) atoms. The molecule has 2 heteroatoms. The number of hydrogen-bond donors (Lipinski definition) is 0. The van der Waals surface area contributed by atoms with E-state index in [1.807, 2.05) is 0 Å². The minimum absolute atomic E-state index is 0.859. The summed E-state index contributed by atoms with van der Waals surface area (Å²) in [6.07, 6.45) is 0. The van der Waals surface area contributed by atoms with E-state index >= 15 is 0 Å². The minimum Gasteiger partial charge on any atom is -0.455 e. The van der Waals surface area contributed by atoms with Gasteiger partial charge in [-0.1, -0.05) is 158 Å². The Bertz CT molecular complexity index is 2880. The number of anilines is 3. The third-order valence-electron chi connectivity index (χ3n) is 10.2. The Morgan fingerprint density at radius 2 is 0.942 bits per heavy atom. The van der Waals surface area contributed by atoms with E-state index in [1.54, 1.807) is 0 Å². The van der Waals surface area contributed by atoms with Gasteiger partial charge >= 0.3 is 0 Å². The van der Waals surface area contributed by atoms with Crippen molar-refractivity contribution in [1.82, 2.24) is 0 Å². The molecule has 0 saturated carbocycles. The first-order valence-corrected chi connectivity index (χ1v) is 17.8. The molecule has 244 valence electrons. The molecule has 0 atom stereocenters. The van der Waals surface area contributed by atoms with Crippen LogP contribution >= 0.6 is 0 Å². The number of benzene rings is 9. The van der Waals surface area contributed by atoms with E-state index in [2.05, 4.69) is 205 Å². The molecule has 0 spiro atoms. The molecule has 0 unspecified atom stereocenters. The maximum atomic E-state index is 6.85. The molecule has 0 fully saturated rings. The normalized spacial score (nSPS) is 11.5. The van der Waals surface area contributed by atoms with Crippen LogP contribution in [0.1, 0.15) is 0 Å². The molecule has 1 heterocycles. The van der Waals surface area contributed by atoms with Crippen LogP contribution < -0.4 is 4.90 Å². The van der Waals surface area contributed by atoms with Gasteiger partial charge in [0.2, 0.25) is 0 Å². The summed E-state index contributed by atoms with van der Waals surface area (Å²) in [4.78, 5) is 2.38. The topological polar surface area (TPSA) is 16.4 Å². The van der Waals surface area contributed by atoms with Crippen molar-refractivity contribution in [2.45, 2.75) is 0 Å². The third kappa shape index (κ3) is 5.04. The van der Waals surface area contributed by atoms with Crippen LogP contribution in [0.4, 0.5) is 17.1 Å². The van der Waals surface area contributed by atoms with Crippen molar-refractivity contribution in [2.24, 2.45) is 0 Å². The lowest BCUT2D eigenvalue weighted by Crippen LogP contribution is -2.10. The fourth-order valence-electron chi connectivity index (χ4n) is 7.82. The van der Waals surface area contributed by atoms with Crippen molar-refractivity contribution < 1.29 is 4.42 Å². The van der Waals surface area contributed by atoms with Crippen LogP contribution in [-0.2, 0) is 0 Å². The molecule has 0 aliphatic heterocycles. The predicted molar refractivity (Wildman–Crippen MR) is 220 cm³/mol. The van der Waals surface area contributed by atoms with Crippen molar-refractivity contribution in [2.75, 3.05) is 4.90 Å². The maximum Gasteiger partial charge on any atom is 0.143 e. The molecule has 0 aliphatic carbocycles. The second-order valence-electron chi connectivity index (χ2n) is 13.3. The average molecular weight is 664 g/mol. The summed E-state index contributed by atoms with van der Waals surface area (Å²) >= 11 is 0. The van der Waals surface area contributed by atoms with Crippen molar-refractivity contribution in [3.63, 3.8) is 0 Å². The molecule has 0 amide bonds. The molecule has 2 nitrogen and oxygen atoms in total. The molecule has 10 aromatic rings. The first kappa shape index (κ1) is 30.0. The molecule has 10 rings (SSSR count). The smallest absolute Gasteiger partial charge is 0.143 e. The monoisotopic (exact) mass is 663 g/mol. The number of rotatable bonds is 6. The Morgan fingerprint density at radius 3 is 1.73 bits per heavy atom. The summed E-state index contributed by atoms with van der Waals surface area (Å²) in [5, 5.41) is 6.93. The fraction of sp³-hybridized carbons (Fsp3) is 0. The van der Waals surface area contributed by atoms with Crippen molar-refractivity contribution >= 4 is 60.5 Å². The fourth-order valence-corrected chi connectivity index (χ4v) is 7.82. The Kier molecular flexibility index (Phi) is 7.18. The lowest BCUT2D eigenvalue weighted by atomic mass is 9.92. The van der Waals surface area contributed by atoms with Gasteiger partial charge in [0.15, 0.2) is 0 Å². The third-order valence-corrected chi connectivity index (χ3v) is 10.2. The highest BCUT2D eigenvalue weighted by atomic mass is 16.3. The first-order valence-electron chi connectivity index (χ1n) is 17.8. The minimum atomic E-state index is 0.859. The highest BCUT2D eigenvalue weighted by Crippen LogP contribution is 2.47. The largest absolute Gasteiger partial charge is 0.455 e. The van der Waals surface area contributed by atoms with Gasteiger partial charge in [-0.25, -0.2) is 0 Å². The van der Waals surface area contributed by atoms with Gasteiger partial charge in [0.25, 0.3) is 0 Å². The summed E-state index contributed by atoms with van der Waals surface area (Å²) in [6.45, 7) is 0. The van der Waals surface area contributed by atoms with E-state index in [0.29, 0.717) is 0 Å². The van der Waals surface area contributed by atoms with Gasteiger partial charge in [-0.15, -0.1) is 0 Å². The van der Waals surface area contributed by atoms with E-state index < -0.39 is 0 Å². The summed E-state index contributed by atoms with van der Waals surface area (Å²) in [5.74, 6) is 0. The van der Waals surface area contributed by atoms with E-state index in [4.69, 9.17) is 4.42 Å². The molecule has 0 N–H and O–H groups in total. The van der Waals surface area contributed by atoms with E-state index in [9.17, 15) is 0 Å². The van der Waals surface area contributed by atoms with E-state index in [1.165, 1.54) is 44.0 Å². The SMILES string of the molecule is c1ccc(-c2ccc(N(c3cccc(-c4ccccc4)c3)c3cccc4oc5c6ccccc6c(-c6cccc7ccccc67)cc5c34)cc2)cc1. The Labute approximate surface area is 302 Å². The highest BCUT2D eigenvalue weighted by molar-refractivity contribution is 6.23. The number of fused-ring (bicyclic) bond motifs is 6. The van der Waals surface area contributed by atoms with Gasteiger partial charge in [0.1, 0.15) is 11.2 Å². The summed E-state index contributed by atoms with van der Waals surface area (Å²) < 4.78 is 6.85. The molecule has 0 radical (unpaired) electrons. The van der Waals surface area contributed by atoms with Crippen LogP contribution in [0, 0.1) is 0 Å². The van der Waals surface area contributed by atoms with Gasteiger partial charge in [-0.05, 0) is 92.0 Å². The Morgan fingerprint density at radius 1 is 0.346 bits per heavy atom. The molecule has 0 aliphatic rings. The lowest BCUT2D eigenvalue weighted by molar-refractivity contribution is 0.672. The van der Waals surface area contributed by atoms with Crippen LogP contribution in [0.3, 0.4) is 0 Å². The molecule has 1 aromatic heterocycles. The molecule has 9 aromatic carbocycles. The summed E-state index contributed by atoms with van der Waals surface area (Å²) in [6, 6.07) is 71.6. The Balaban J connectivity index is 1.25. The quantitative estimate of drug-likeness (QED) is 0.176. The van der Waals surface area contributed by atoms with Crippen LogP contribution in [0.5, 0.6) is 0 Å². The molecular formula is C50H33NO. The Hall–Kier alpha value is -6.90. The average Bonchev–Trinajstić information content (AvgIpc) is 3.61. The van der Waals surface area contributed by atoms with Gasteiger partial charge < -0.3 is 9.32 Å². The molecule has 0 saturated heterocycles. The van der Waals surface area contributed by atoms with Crippen molar-refractivity contribution in [3.8, 4) is 33.4 Å². The number of furan rings is 1.